The fourth-order valence-electron chi connectivity index (χ4n) is 4.61. The maximum absolute atomic E-state index is 13.3. The number of anilines is 3. The standard InChI is InChI=1S/C26H32N6O5S/c1-18(2)25(34)31-11-9-29(10-12-31)23-6-4-3-5-21(23)27-26(38)28-24(33)20-17-19(32(35)36)7-8-22(20)30-13-15-37-16-14-30/h3-8,17-18H,9-16H2,1-2H3,(H2,27,28,33,38). The highest BCUT2D eigenvalue weighted by molar-refractivity contribution is 7.80. The molecule has 2 aromatic carbocycles. The van der Waals surface area contributed by atoms with Crippen LogP contribution in [0, 0.1) is 16.0 Å². The summed E-state index contributed by atoms with van der Waals surface area (Å²) in [4.78, 5) is 42.5. The minimum atomic E-state index is -0.536. The van der Waals surface area contributed by atoms with Crippen molar-refractivity contribution >= 4 is 51.9 Å². The summed E-state index contributed by atoms with van der Waals surface area (Å²) in [6.07, 6.45) is 0. The third kappa shape index (κ3) is 6.37. The Labute approximate surface area is 226 Å². The van der Waals surface area contributed by atoms with Gasteiger partial charge in [0.05, 0.1) is 40.8 Å². The summed E-state index contributed by atoms with van der Waals surface area (Å²) in [5.41, 5.74) is 2.21. The Bertz CT molecular complexity index is 1210. The highest BCUT2D eigenvalue weighted by atomic mass is 32.1. The molecular formula is C26H32N6O5S. The molecule has 0 spiro atoms. The van der Waals surface area contributed by atoms with Gasteiger partial charge in [-0.3, -0.25) is 25.0 Å². The molecule has 2 N–H and O–H groups in total. The van der Waals surface area contributed by atoms with Gasteiger partial charge >= 0.3 is 0 Å². The molecular weight excluding hydrogens is 508 g/mol. The number of carbonyl (C=O) groups excluding carboxylic acids is 2. The Morgan fingerprint density at radius 1 is 0.974 bits per heavy atom. The normalized spacial score (nSPS) is 15.8. The van der Waals surface area contributed by atoms with Crippen molar-refractivity contribution in [3.8, 4) is 0 Å². The van der Waals surface area contributed by atoms with Gasteiger partial charge in [0.1, 0.15) is 0 Å². The van der Waals surface area contributed by atoms with Crippen molar-refractivity contribution in [1.82, 2.24) is 10.2 Å². The number of benzene rings is 2. The molecule has 2 aromatic rings. The van der Waals surface area contributed by atoms with Gasteiger partial charge in [-0.05, 0) is 30.4 Å². The van der Waals surface area contributed by atoms with Gasteiger partial charge < -0.3 is 24.8 Å². The predicted molar refractivity (Wildman–Crippen MR) is 150 cm³/mol. The van der Waals surface area contributed by atoms with Gasteiger partial charge in [-0.1, -0.05) is 26.0 Å². The van der Waals surface area contributed by atoms with E-state index in [-0.39, 0.29) is 28.2 Å². The first kappa shape index (κ1) is 27.3. The molecule has 202 valence electrons. The van der Waals surface area contributed by atoms with Crippen molar-refractivity contribution in [3.05, 3.63) is 58.1 Å². The molecule has 2 amide bonds. The van der Waals surface area contributed by atoms with Crippen LogP contribution in [0.3, 0.4) is 0 Å². The number of nitrogens with one attached hydrogen (secondary N) is 2. The summed E-state index contributed by atoms with van der Waals surface area (Å²) in [7, 11) is 0. The molecule has 38 heavy (non-hydrogen) atoms. The number of piperazine rings is 1. The molecule has 0 aliphatic carbocycles. The van der Waals surface area contributed by atoms with E-state index in [4.69, 9.17) is 17.0 Å². The van der Waals surface area contributed by atoms with Crippen LogP contribution >= 0.6 is 12.2 Å². The zero-order chi connectivity index (χ0) is 27.2. The van der Waals surface area contributed by atoms with Gasteiger partial charge in [0.15, 0.2) is 5.11 Å². The van der Waals surface area contributed by atoms with E-state index in [9.17, 15) is 19.7 Å². The van der Waals surface area contributed by atoms with E-state index in [0.29, 0.717) is 63.9 Å². The van der Waals surface area contributed by atoms with Crippen molar-refractivity contribution < 1.29 is 19.2 Å². The SMILES string of the molecule is CC(C)C(=O)N1CCN(c2ccccc2NC(=S)NC(=O)c2cc([N+](=O)[O-])ccc2N2CCOCC2)CC1. The number of nitro groups is 1. The first-order chi connectivity index (χ1) is 18.2. The van der Waals surface area contributed by atoms with Gasteiger partial charge in [0, 0.05) is 57.3 Å². The number of nitrogens with zero attached hydrogens (tertiary/aromatic N) is 4. The van der Waals surface area contributed by atoms with E-state index in [1.54, 1.807) is 6.07 Å². The van der Waals surface area contributed by atoms with Crippen LogP contribution in [0.25, 0.3) is 0 Å². The van der Waals surface area contributed by atoms with Crippen molar-refractivity contribution in [2.45, 2.75) is 13.8 Å². The Hall–Kier alpha value is -3.77. The number of nitro benzene ring substituents is 1. The molecule has 0 radical (unpaired) electrons. The number of para-hydroxylation sites is 2. The van der Waals surface area contributed by atoms with Gasteiger partial charge in [0.2, 0.25) is 5.91 Å². The summed E-state index contributed by atoms with van der Waals surface area (Å²) in [6.45, 7) is 8.58. The van der Waals surface area contributed by atoms with E-state index in [2.05, 4.69) is 15.5 Å². The quantitative estimate of drug-likeness (QED) is 0.324. The zero-order valence-corrected chi connectivity index (χ0v) is 22.3. The number of ether oxygens (including phenoxy) is 1. The van der Waals surface area contributed by atoms with Crippen LogP contribution < -0.4 is 20.4 Å². The molecule has 4 rings (SSSR count). The fraction of sp³-hybridized carbons (Fsp3) is 0.423. The van der Waals surface area contributed by atoms with Crippen LogP contribution in [0.4, 0.5) is 22.7 Å². The first-order valence-corrected chi connectivity index (χ1v) is 13.0. The average Bonchev–Trinajstić information content (AvgIpc) is 2.93. The number of amides is 2. The van der Waals surface area contributed by atoms with Crippen LogP contribution in [-0.4, -0.2) is 79.2 Å². The molecule has 0 atom stereocenters. The van der Waals surface area contributed by atoms with Gasteiger partial charge in [-0.25, -0.2) is 0 Å². The average molecular weight is 541 g/mol. The van der Waals surface area contributed by atoms with Crippen molar-refractivity contribution in [1.29, 1.82) is 0 Å². The van der Waals surface area contributed by atoms with Gasteiger partial charge in [0.25, 0.3) is 11.6 Å². The van der Waals surface area contributed by atoms with E-state index in [0.717, 1.165) is 5.69 Å². The molecule has 12 heteroatoms. The number of rotatable bonds is 6. The summed E-state index contributed by atoms with van der Waals surface area (Å²) < 4.78 is 5.40. The lowest BCUT2D eigenvalue weighted by atomic mass is 10.1. The van der Waals surface area contributed by atoms with E-state index in [1.165, 1.54) is 12.1 Å². The lowest BCUT2D eigenvalue weighted by Gasteiger charge is -2.37. The Balaban J connectivity index is 1.46. The molecule has 0 unspecified atom stereocenters. The van der Waals surface area contributed by atoms with Crippen LogP contribution in [0.2, 0.25) is 0 Å². The van der Waals surface area contributed by atoms with Crippen LogP contribution in [0.1, 0.15) is 24.2 Å². The first-order valence-electron chi connectivity index (χ1n) is 12.6. The lowest BCUT2D eigenvalue weighted by molar-refractivity contribution is -0.384. The van der Waals surface area contributed by atoms with E-state index in [1.807, 2.05) is 47.9 Å². The molecule has 2 heterocycles. The Morgan fingerprint density at radius 3 is 2.29 bits per heavy atom. The van der Waals surface area contributed by atoms with Crippen LogP contribution in [0.15, 0.2) is 42.5 Å². The van der Waals surface area contributed by atoms with Crippen molar-refractivity contribution in [2.75, 3.05) is 67.6 Å². The maximum atomic E-state index is 13.3. The van der Waals surface area contributed by atoms with E-state index < -0.39 is 10.8 Å². The minimum Gasteiger partial charge on any atom is -0.378 e. The van der Waals surface area contributed by atoms with Crippen LogP contribution in [0.5, 0.6) is 0 Å². The van der Waals surface area contributed by atoms with Gasteiger partial charge in [-0.15, -0.1) is 0 Å². The van der Waals surface area contributed by atoms with Crippen molar-refractivity contribution in [3.63, 3.8) is 0 Å². The highest BCUT2D eigenvalue weighted by Gasteiger charge is 2.25. The minimum absolute atomic E-state index is 0.0358. The summed E-state index contributed by atoms with van der Waals surface area (Å²) in [5, 5.41) is 17.3. The molecule has 2 saturated heterocycles. The van der Waals surface area contributed by atoms with Crippen LogP contribution in [-0.2, 0) is 9.53 Å². The number of hydrogen-bond acceptors (Lipinski definition) is 8. The number of non-ortho nitro benzene ring substituents is 1. The number of carbonyl (C=O) groups is 2. The molecule has 11 nitrogen and oxygen atoms in total. The predicted octanol–water partition coefficient (Wildman–Crippen LogP) is 2.86. The Kier molecular flexibility index (Phi) is 8.74. The molecule has 2 aliphatic rings. The second-order valence-electron chi connectivity index (χ2n) is 9.45. The molecule has 2 aliphatic heterocycles. The largest absolute Gasteiger partial charge is 0.378 e. The fourth-order valence-corrected chi connectivity index (χ4v) is 4.81. The highest BCUT2D eigenvalue weighted by Crippen LogP contribution is 2.28. The number of thiocarbonyl (C=S) groups is 1. The molecule has 0 saturated carbocycles. The Morgan fingerprint density at radius 2 is 1.63 bits per heavy atom. The number of hydrogen-bond donors (Lipinski definition) is 2. The summed E-state index contributed by atoms with van der Waals surface area (Å²) in [6, 6.07) is 11.9. The molecule has 2 fully saturated rings. The maximum Gasteiger partial charge on any atom is 0.270 e. The topological polar surface area (TPSA) is 120 Å². The van der Waals surface area contributed by atoms with Gasteiger partial charge in [-0.2, -0.15) is 0 Å². The molecule has 0 bridgehead atoms. The zero-order valence-electron chi connectivity index (χ0n) is 21.5. The lowest BCUT2D eigenvalue weighted by Crippen LogP contribution is -2.50. The number of morpholine rings is 1. The molecule has 0 aromatic heterocycles. The summed E-state index contributed by atoms with van der Waals surface area (Å²) in [5.74, 6) is -0.421. The van der Waals surface area contributed by atoms with E-state index >= 15 is 0 Å². The summed E-state index contributed by atoms with van der Waals surface area (Å²) >= 11 is 5.46. The second kappa shape index (κ2) is 12.2. The smallest absolute Gasteiger partial charge is 0.270 e. The third-order valence-electron chi connectivity index (χ3n) is 6.59. The van der Waals surface area contributed by atoms with Crippen molar-refractivity contribution in [2.24, 2.45) is 5.92 Å². The monoisotopic (exact) mass is 540 g/mol. The third-order valence-corrected chi connectivity index (χ3v) is 6.80. The second-order valence-corrected chi connectivity index (χ2v) is 9.86.